The van der Waals surface area contributed by atoms with E-state index in [0.717, 1.165) is 6.26 Å². The molecule has 0 aliphatic heterocycles. The minimum Gasteiger partial charge on any atom is -0.340 e. The van der Waals surface area contributed by atoms with E-state index in [-0.39, 0.29) is 18.1 Å². The lowest BCUT2D eigenvalue weighted by Crippen LogP contribution is -2.44. The average molecular weight is 417 g/mol. The summed E-state index contributed by atoms with van der Waals surface area (Å²) in [4.78, 5) is 36.1. The Morgan fingerprint density at radius 1 is 0.897 bits per heavy atom. The van der Waals surface area contributed by atoms with Crippen molar-refractivity contribution in [3.63, 3.8) is 0 Å². The molecule has 3 N–H and O–H groups in total. The SMILES string of the molecule is CC(=O)Nc1ccc(NC(=O)[C@@H](CCS(C)(=O)=O)NC(=O)c2ccccc2)cc1. The second-order valence-corrected chi connectivity index (χ2v) is 8.82. The second kappa shape index (κ2) is 9.83. The Morgan fingerprint density at radius 3 is 1.97 bits per heavy atom. The molecule has 0 fully saturated rings. The Hall–Kier alpha value is -3.20. The van der Waals surface area contributed by atoms with Crippen LogP contribution in [0.4, 0.5) is 11.4 Å². The van der Waals surface area contributed by atoms with Gasteiger partial charge in [-0.25, -0.2) is 8.42 Å². The Morgan fingerprint density at radius 2 is 1.45 bits per heavy atom. The molecule has 29 heavy (non-hydrogen) atoms. The van der Waals surface area contributed by atoms with Crippen LogP contribution >= 0.6 is 0 Å². The summed E-state index contributed by atoms with van der Waals surface area (Å²) >= 11 is 0. The van der Waals surface area contributed by atoms with Crippen LogP contribution in [0.15, 0.2) is 54.6 Å². The van der Waals surface area contributed by atoms with Crippen LogP contribution in [0, 0.1) is 0 Å². The molecule has 0 aromatic heterocycles. The standard InChI is InChI=1S/C20H23N3O5S/c1-14(24)21-16-8-10-17(11-9-16)22-20(26)18(12-13-29(2,27)28)23-19(25)15-6-4-3-5-7-15/h3-11,18H,12-13H2,1-2H3,(H,21,24)(H,22,26)(H,23,25)/t18-/m1/s1. The molecule has 0 radical (unpaired) electrons. The molecular formula is C20H23N3O5S. The van der Waals surface area contributed by atoms with Crippen molar-refractivity contribution in [1.29, 1.82) is 0 Å². The maximum Gasteiger partial charge on any atom is 0.251 e. The molecule has 0 spiro atoms. The third-order valence-electron chi connectivity index (χ3n) is 3.91. The summed E-state index contributed by atoms with van der Waals surface area (Å²) in [6, 6.07) is 13.7. The molecule has 2 aromatic carbocycles. The Labute approximate surface area is 169 Å². The molecule has 0 heterocycles. The van der Waals surface area contributed by atoms with Crippen molar-refractivity contribution in [2.75, 3.05) is 22.6 Å². The van der Waals surface area contributed by atoms with E-state index in [4.69, 9.17) is 0 Å². The minimum absolute atomic E-state index is 0.0623. The van der Waals surface area contributed by atoms with Gasteiger partial charge in [0.15, 0.2) is 0 Å². The average Bonchev–Trinajstić information content (AvgIpc) is 2.66. The van der Waals surface area contributed by atoms with E-state index in [2.05, 4.69) is 16.0 Å². The molecule has 0 saturated carbocycles. The number of sulfone groups is 1. The molecule has 1 atom stereocenters. The number of benzene rings is 2. The predicted molar refractivity (Wildman–Crippen MR) is 111 cm³/mol. The fourth-order valence-corrected chi connectivity index (χ4v) is 3.17. The Bertz CT molecular complexity index is 973. The van der Waals surface area contributed by atoms with Crippen molar-refractivity contribution in [2.45, 2.75) is 19.4 Å². The summed E-state index contributed by atoms with van der Waals surface area (Å²) in [5, 5.41) is 7.86. The number of rotatable bonds is 8. The summed E-state index contributed by atoms with van der Waals surface area (Å²) in [5.74, 6) is -1.47. The fraction of sp³-hybridized carbons (Fsp3) is 0.250. The van der Waals surface area contributed by atoms with Crippen LogP contribution in [0.2, 0.25) is 0 Å². The first kappa shape index (κ1) is 22.1. The Balaban J connectivity index is 2.10. The van der Waals surface area contributed by atoms with E-state index in [1.807, 2.05) is 0 Å². The normalized spacial score (nSPS) is 11.9. The first-order valence-electron chi connectivity index (χ1n) is 8.86. The van der Waals surface area contributed by atoms with Gasteiger partial charge in [-0.1, -0.05) is 18.2 Å². The number of carbonyl (C=O) groups is 3. The van der Waals surface area contributed by atoms with E-state index in [9.17, 15) is 22.8 Å². The summed E-state index contributed by atoms with van der Waals surface area (Å²) in [6.07, 6.45) is 1.01. The molecule has 2 rings (SSSR count). The highest BCUT2D eigenvalue weighted by Gasteiger charge is 2.23. The predicted octanol–water partition coefficient (Wildman–Crippen LogP) is 1.82. The van der Waals surface area contributed by atoms with Crippen molar-refractivity contribution in [3.05, 3.63) is 60.2 Å². The van der Waals surface area contributed by atoms with Crippen molar-refractivity contribution in [2.24, 2.45) is 0 Å². The van der Waals surface area contributed by atoms with Crippen LogP contribution in [0.25, 0.3) is 0 Å². The van der Waals surface area contributed by atoms with Crippen molar-refractivity contribution < 1.29 is 22.8 Å². The minimum atomic E-state index is -3.31. The Kier molecular flexibility index (Phi) is 7.49. The van der Waals surface area contributed by atoms with Gasteiger partial charge in [0.1, 0.15) is 15.9 Å². The second-order valence-electron chi connectivity index (χ2n) is 6.56. The number of amides is 3. The molecule has 9 heteroatoms. The highest BCUT2D eigenvalue weighted by atomic mass is 32.2. The van der Waals surface area contributed by atoms with E-state index >= 15 is 0 Å². The zero-order chi connectivity index (χ0) is 21.4. The molecule has 0 aliphatic carbocycles. The third kappa shape index (κ3) is 7.74. The summed E-state index contributed by atoms with van der Waals surface area (Å²) in [6.45, 7) is 1.39. The van der Waals surface area contributed by atoms with E-state index in [1.165, 1.54) is 6.92 Å². The number of anilines is 2. The number of hydrogen-bond acceptors (Lipinski definition) is 5. The lowest BCUT2D eigenvalue weighted by atomic mass is 10.1. The topological polar surface area (TPSA) is 121 Å². The van der Waals surface area contributed by atoms with Crippen LogP contribution in [0.3, 0.4) is 0 Å². The molecule has 0 unspecified atom stereocenters. The molecule has 2 aromatic rings. The monoisotopic (exact) mass is 417 g/mol. The third-order valence-corrected chi connectivity index (χ3v) is 4.89. The van der Waals surface area contributed by atoms with E-state index in [1.54, 1.807) is 54.6 Å². The van der Waals surface area contributed by atoms with Gasteiger partial charge in [0.25, 0.3) is 5.91 Å². The molecule has 0 aliphatic rings. The molecule has 0 saturated heterocycles. The molecule has 154 valence electrons. The highest BCUT2D eigenvalue weighted by molar-refractivity contribution is 7.90. The van der Waals surface area contributed by atoms with Crippen LogP contribution in [0.5, 0.6) is 0 Å². The zero-order valence-corrected chi connectivity index (χ0v) is 17.0. The lowest BCUT2D eigenvalue weighted by Gasteiger charge is -2.18. The van der Waals surface area contributed by atoms with Crippen LogP contribution in [0.1, 0.15) is 23.7 Å². The van der Waals surface area contributed by atoms with Gasteiger partial charge < -0.3 is 16.0 Å². The van der Waals surface area contributed by atoms with Crippen molar-refractivity contribution in [3.8, 4) is 0 Å². The maximum absolute atomic E-state index is 12.7. The van der Waals surface area contributed by atoms with Gasteiger partial charge in [-0.3, -0.25) is 14.4 Å². The maximum atomic E-state index is 12.7. The lowest BCUT2D eigenvalue weighted by molar-refractivity contribution is -0.118. The van der Waals surface area contributed by atoms with Crippen LogP contribution < -0.4 is 16.0 Å². The fourth-order valence-electron chi connectivity index (χ4n) is 2.50. The number of nitrogens with one attached hydrogen (secondary N) is 3. The molecular weight excluding hydrogens is 394 g/mol. The number of hydrogen-bond donors (Lipinski definition) is 3. The van der Waals surface area contributed by atoms with Crippen molar-refractivity contribution >= 4 is 38.9 Å². The largest absolute Gasteiger partial charge is 0.340 e. The summed E-state index contributed by atoms with van der Waals surface area (Å²) in [5.41, 5.74) is 1.38. The smallest absolute Gasteiger partial charge is 0.251 e. The van der Waals surface area contributed by atoms with Gasteiger partial charge in [-0.05, 0) is 42.8 Å². The van der Waals surface area contributed by atoms with Gasteiger partial charge in [0.05, 0.1) is 5.75 Å². The zero-order valence-electron chi connectivity index (χ0n) is 16.1. The van der Waals surface area contributed by atoms with Gasteiger partial charge in [0.2, 0.25) is 11.8 Å². The van der Waals surface area contributed by atoms with Gasteiger partial charge in [0, 0.05) is 30.1 Å². The first-order chi connectivity index (χ1) is 13.6. The van der Waals surface area contributed by atoms with Crippen LogP contribution in [-0.4, -0.2) is 44.2 Å². The number of carbonyl (C=O) groups excluding carboxylic acids is 3. The van der Waals surface area contributed by atoms with Gasteiger partial charge in [-0.2, -0.15) is 0 Å². The van der Waals surface area contributed by atoms with Gasteiger partial charge in [-0.15, -0.1) is 0 Å². The highest BCUT2D eigenvalue weighted by Crippen LogP contribution is 2.14. The summed E-state index contributed by atoms with van der Waals surface area (Å²) in [7, 11) is -3.31. The summed E-state index contributed by atoms with van der Waals surface area (Å²) < 4.78 is 23.0. The van der Waals surface area contributed by atoms with Crippen molar-refractivity contribution in [1.82, 2.24) is 5.32 Å². The molecule has 0 bridgehead atoms. The van der Waals surface area contributed by atoms with Crippen LogP contribution in [-0.2, 0) is 19.4 Å². The molecule has 8 nitrogen and oxygen atoms in total. The van der Waals surface area contributed by atoms with E-state index < -0.39 is 27.7 Å². The van der Waals surface area contributed by atoms with Gasteiger partial charge >= 0.3 is 0 Å². The quantitative estimate of drug-likeness (QED) is 0.605. The first-order valence-corrected chi connectivity index (χ1v) is 10.9. The van der Waals surface area contributed by atoms with E-state index in [0.29, 0.717) is 16.9 Å². The molecule has 3 amide bonds.